The molecule has 0 atom stereocenters. The monoisotopic (exact) mass is 308 g/mol. The Balaban J connectivity index is 1.96. The number of carbonyl (C=O) groups excluding carboxylic acids is 1. The minimum absolute atomic E-state index is 0.0919. The molecule has 0 spiro atoms. The maximum atomic E-state index is 11.8. The molecule has 1 aromatic rings. The minimum atomic E-state index is -0.390. The summed E-state index contributed by atoms with van der Waals surface area (Å²) in [6, 6.07) is 7.09. The predicted octanol–water partition coefficient (Wildman–Crippen LogP) is 2.88. The zero-order chi connectivity index (χ0) is 13.2. The van der Waals surface area contributed by atoms with Crippen LogP contribution >= 0.6 is 15.9 Å². The number of nitrogens with two attached hydrogens (primary N) is 1. The van der Waals surface area contributed by atoms with Crippen LogP contribution in [-0.4, -0.2) is 12.6 Å². The van der Waals surface area contributed by atoms with Gasteiger partial charge in [0.05, 0.1) is 18.2 Å². The highest BCUT2D eigenvalue weighted by Crippen LogP contribution is 2.48. The Morgan fingerprint density at radius 3 is 2.83 bits per heavy atom. The fourth-order valence-corrected chi connectivity index (χ4v) is 1.94. The summed E-state index contributed by atoms with van der Waals surface area (Å²) in [5.74, 6) is -0.390. The van der Waals surface area contributed by atoms with Crippen LogP contribution in [0.25, 0.3) is 0 Å². The van der Waals surface area contributed by atoms with Gasteiger partial charge in [-0.05, 0) is 47.0 Å². The molecule has 18 heavy (non-hydrogen) atoms. The van der Waals surface area contributed by atoms with Gasteiger partial charge in [-0.15, -0.1) is 0 Å². The molecule has 4 nitrogen and oxygen atoms in total. The van der Waals surface area contributed by atoms with Crippen LogP contribution in [0, 0.1) is 16.7 Å². The average Bonchev–Trinajstić information content (AvgIpc) is 3.11. The average molecular weight is 309 g/mol. The van der Waals surface area contributed by atoms with Gasteiger partial charge >= 0.3 is 5.97 Å². The van der Waals surface area contributed by atoms with Gasteiger partial charge in [0, 0.05) is 22.0 Å². The molecule has 0 heterocycles. The standard InChI is InChI=1S/C13H13BrN2O2/c14-10-2-1-9(7-11(10)16)12(17)18-8-13(3-4-13)5-6-15/h1-2,7H,3-5,8,16H2. The van der Waals surface area contributed by atoms with Gasteiger partial charge in [0.15, 0.2) is 0 Å². The molecule has 1 saturated carbocycles. The number of rotatable bonds is 4. The highest BCUT2D eigenvalue weighted by molar-refractivity contribution is 9.10. The van der Waals surface area contributed by atoms with Crippen LogP contribution in [0.2, 0.25) is 0 Å². The third-order valence-corrected chi connectivity index (χ3v) is 3.87. The molecule has 1 aromatic carbocycles. The van der Waals surface area contributed by atoms with Crippen LogP contribution in [0.15, 0.2) is 22.7 Å². The van der Waals surface area contributed by atoms with E-state index in [1.54, 1.807) is 18.2 Å². The van der Waals surface area contributed by atoms with Gasteiger partial charge in [-0.3, -0.25) is 0 Å². The van der Waals surface area contributed by atoms with Crippen molar-refractivity contribution in [3.05, 3.63) is 28.2 Å². The van der Waals surface area contributed by atoms with Crippen molar-refractivity contribution < 1.29 is 9.53 Å². The summed E-state index contributed by atoms with van der Waals surface area (Å²) in [6.45, 7) is 0.315. The van der Waals surface area contributed by atoms with Gasteiger partial charge in [-0.1, -0.05) is 0 Å². The minimum Gasteiger partial charge on any atom is -0.461 e. The molecule has 0 unspecified atom stereocenters. The first-order chi connectivity index (χ1) is 8.56. The van der Waals surface area contributed by atoms with Gasteiger partial charge in [-0.25, -0.2) is 4.79 Å². The molecule has 1 aliphatic carbocycles. The van der Waals surface area contributed by atoms with E-state index < -0.39 is 5.97 Å². The summed E-state index contributed by atoms with van der Waals surface area (Å²) in [6.07, 6.45) is 2.36. The number of nitrogens with zero attached hydrogens (tertiary/aromatic N) is 1. The molecule has 0 saturated heterocycles. The van der Waals surface area contributed by atoms with Gasteiger partial charge in [0.2, 0.25) is 0 Å². The van der Waals surface area contributed by atoms with Crippen molar-refractivity contribution in [2.75, 3.05) is 12.3 Å². The summed E-state index contributed by atoms with van der Waals surface area (Å²) in [7, 11) is 0. The van der Waals surface area contributed by atoms with Crippen molar-refractivity contribution >= 4 is 27.6 Å². The number of benzene rings is 1. The smallest absolute Gasteiger partial charge is 0.338 e. The summed E-state index contributed by atoms with van der Waals surface area (Å²) >= 11 is 3.27. The Labute approximate surface area is 114 Å². The maximum absolute atomic E-state index is 11.8. The third kappa shape index (κ3) is 2.82. The first-order valence-corrected chi connectivity index (χ1v) is 6.45. The molecule has 5 heteroatoms. The largest absolute Gasteiger partial charge is 0.461 e. The lowest BCUT2D eigenvalue weighted by atomic mass is 10.1. The summed E-state index contributed by atoms with van der Waals surface area (Å²) < 4.78 is 5.99. The zero-order valence-electron chi connectivity index (χ0n) is 9.78. The number of esters is 1. The van der Waals surface area contributed by atoms with Crippen LogP contribution in [0.1, 0.15) is 29.6 Å². The number of nitriles is 1. The van der Waals surface area contributed by atoms with E-state index in [1.165, 1.54) is 0 Å². The molecule has 0 radical (unpaired) electrons. The number of nitrogen functional groups attached to an aromatic ring is 1. The van der Waals surface area contributed by atoms with Crippen LogP contribution in [0.5, 0.6) is 0 Å². The predicted molar refractivity (Wildman–Crippen MR) is 70.7 cm³/mol. The van der Waals surface area contributed by atoms with Crippen molar-refractivity contribution in [1.29, 1.82) is 5.26 Å². The quantitative estimate of drug-likeness (QED) is 0.685. The lowest BCUT2D eigenvalue weighted by Gasteiger charge is -2.11. The van der Waals surface area contributed by atoms with Crippen LogP contribution in [-0.2, 0) is 4.74 Å². The molecule has 2 N–H and O–H groups in total. The van der Waals surface area contributed by atoms with Crippen molar-refractivity contribution in [1.82, 2.24) is 0 Å². The van der Waals surface area contributed by atoms with Gasteiger partial charge in [0.25, 0.3) is 0 Å². The molecule has 0 amide bonds. The SMILES string of the molecule is N#CCC1(COC(=O)c2ccc(Br)c(N)c2)CC1. The van der Waals surface area contributed by atoms with Gasteiger partial charge in [0.1, 0.15) is 0 Å². The van der Waals surface area contributed by atoms with E-state index in [-0.39, 0.29) is 5.41 Å². The number of ether oxygens (including phenoxy) is 1. The molecule has 2 rings (SSSR count). The second-order valence-corrected chi connectivity index (χ2v) is 5.50. The van der Waals surface area contributed by atoms with Crippen LogP contribution in [0.4, 0.5) is 5.69 Å². The van der Waals surface area contributed by atoms with Crippen molar-refractivity contribution in [3.8, 4) is 6.07 Å². The number of hydrogen-bond acceptors (Lipinski definition) is 4. The fourth-order valence-electron chi connectivity index (χ4n) is 1.69. The molecular weight excluding hydrogens is 296 g/mol. The van der Waals surface area contributed by atoms with Crippen LogP contribution in [0.3, 0.4) is 0 Å². The first kappa shape index (κ1) is 12.9. The molecule has 0 bridgehead atoms. The normalized spacial score (nSPS) is 15.8. The molecule has 94 valence electrons. The summed E-state index contributed by atoms with van der Waals surface area (Å²) in [5.41, 5.74) is 6.55. The van der Waals surface area contributed by atoms with Gasteiger partial charge in [-0.2, -0.15) is 5.26 Å². The number of halogens is 1. The van der Waals surface area contributed by atoms with E-state index in [1.807, 2.05) is 0 Å². The van der Waals surface area contributed by atoms with Gasteiger partial charge < -0.3 is 10.5 Å². The van der Waals surface area contributed by atoms with E-state index in [4.69, 9.17) is 15.7 Å². The van der Waals surface area contributed by atoms with Crippen molar-refractivity contribution in [2.45, 2.75) is 19.3 Å². The Morgan fingerprint density at radius 2 is 2.28 bits per heavy atom. The number of anilines is 1. The second kappa shape index (κ2) is 4.99. The van der Waals surface area contributed by atoms with E-state index in [9.17, 15) is 4.79 Å². The Hall–Kier alpha value is -1.54. The summed E-state index contributed by atoms with van der Waals surface area (Å²) in [4.78, 5) is 11.8. The lowest BCUT2D eigenvalue weighted by Crippen LogP contribution is -2.15. The molecular formula is C13H13BrN2O2. The number of hydrogen-bond donors (Lipinski definition) is 1. The second-order valence-electron chi connectivity index (χ2n) is 4.65. The van der Waals surface area contributed by atoms with Crippen LogP contribution < -0.4 is 5.73 Å². The fraction of sp³-hybridized carbons (Fsp3) is 0.385. The zero-order valence-corrected chi connectivity index (χ0v) is 11.4. The van der Waals surface area contributed by atoms with E-state index in [2.05, 4.69) is 22.0 Å². The molecule has 1 aliphatic rings. The van der Waals surface area contributed by atoms with E-state index >= 15 is 0 Å². The van der Waals surface area contributed by atoms with E-state index in [0.717, 1.165) is 17.3 Å². The topological polar surface area (TPSA) is 76.1 Å². The van der Waals surface area contributed by atoms with E-state index in [0.29, 0.717) is 24.3 Å². The van der Waals surface area contributed by atoms with Crippen molar-refractivity contribution in [3.63, 3.8) is 0 Å². The third-order valence-electron chi connectivity index (χ3n) is 3.15. The molecule has 0 aliphatic heterocycles. The molecule has 1 fully saturated rings. The molecule has 0 aromatic heterocycles. The lowest BCUT2D eigenvalue weighted by molar-refractivity contribution is 0.0419. The first-order valence-electron chi connectivity index (χ1n) is 5.65. The van der Waals surface area contributed by atoms with Crippen molar-refractivity contribution in [2.24, 2.45) is 5.41 Å². The number of carbonyl (C=O) groups is 1. The summed E-state index contributed by atoms with van der Waals surface area (Å²) in [5, 5.41) is 8.68. The Bertz CT molecular complexity index is 518. The highest BCUT2D eigenvalue weighted by Gasteiger charge is 2.43. The highest BCUT2D eigenvalue weighted by atomic mass is 79.9. The maximum Gasteiger partial charge on any atom is 0.338 e. The Morgan fingerprint density at radius 1 is 1.56 bits per heavy atom. The Kier molecular flexibility index (Phi) is 3.58.